The van der Waals surface area contributed by atoms with Gasteiger partial charge in [-0.1, -0.05) is 17.7 Å². The zero-order chi connectivity index (χ0) is 11.5. The Balaban J connectivity index is 3.10. The van der Waals surface area contributed by atoms with Gasteiger partial charge in [0.15, 0.2) is 0 Å². The lowest BCUT2D eigenvalue weighted by molar-refractivity contribution is -0.138. The van der Waals surface area contributed by atoms with E-state index in [9.17, 15) is 13.2 Å². The minimum atomic E-state index is -4.33. The van der Waals surface area contributed by atoms with E-state index in [4.69, 9.17) is 5.26 Å². The summed E-state index contributed by atoms with van der Waals surface area (Å²) in [6.07, 6.45) is -4.09. The predicted octanol–water partition coefficient (Wildman–Crippen LogP) is 3.47. The fourth-order valence-electron chi connectivity index (χ4n) is 1.40. The monoisotopic (exact) mass is 213 g/mol. The average Bonchev–Trinajstić information content (AvgIpc) is 2.12. The van der Waals surface area contributed by atoms with Crippen molar-refractivity contribution >= 4 is 0 Å². The van der Waals surface area contributed by atoms with E-state index in [0.29, 0.717) is 0 Å². The molecule has 0 bridgehead atoms. The molecule has 1 rings (SSSR count). The lowest BCUT2D eigenvalue weighted by atomic mass is 10.0. The maximum absolute atomic E-state index is 12.5. The summed E-state index contributed by atoms with van der Waals surface area (Å²) in [6, 6.07) is 5.83. The molecule has 1 aromatic carbocycles. The SMILES string of the molecule is Cc1ccc(C(F)(F)F)c(CCC#N)c1. The standard InChI is InChI=1S/C11H10F3N/c1-8-4-5-10(11(12,13)14)9(7-8)3-2-6-15/h4-5,7H,2-3H2,1H3. The van der Waals surface area contributed by atoms with Gasteiger partial charge in [0, 0.05) is 6.42 Å². The van der Waals surface area contributed by atoms with Crippen LogP contribution in [0.15, 0.2) is 18.2 Å². The molecule has 0 amide bonds. The first kappa shape index (κ1) is 11.6. The fourth-order valence-corrected chi connectivity index (χ4v) is 1.40. The van der Waals surface area contributed by atoms with Crippen LogP contribution in [0, 0.1) is 18.3 Å². The van der Waals surface area contributed by atoms with Gasteiger partial charge in [-0.15, -0.1) is 0 Å². The molecule has 0 spiro atoms. The molecule has 0 atom stereocenters. The first-order chi connectivity index (χ1) is 6.95. The van der Waals surface area contributed by atoms with Gasteiger partial charge < -0.3 is 0 Å². The molecular formula is C11H10F3N. The van der Waals surface area contributed by atoms with Gasteiger partial charge in [0.2, 0.25) is 0 Å². The van der Waals surface area contributed by atoms with Crippen LogP contribution in [-0.2, 0) is 12.6 Å². The molecule has 1 aromatic rings. The lowest BCUT2D eigenvalue weighted by Crippen LogP contribution is -2.09. The van der Waals surface area contributed by atoms with Gasteiger partial charge in [-0.05, 0) is 25.0 Å². The van der Waals surface area contributed by atoms with Crippen LogP contribution in [0.4, 0.5) is 13.2 Å². The first-order valence-corrected chi connectivity index (χ1v) is 4.49. The number of aryl methyl sites for hydroxylation is 2. The van der Waals surface area contributed by atoms with Crippen LogP contribution < -0.4 is 0 Å². The summed E-state index contributed by atoms with van der Waals surface area (Å²) in [5.74, 6) is 0. The van der Waals surface area contributed by atoms with Crippen molar-refractivity contribution in [2.75, 3.05) is 0 Å². The number of nitriles is 1. The summed E-state index contributed by atoms with van der Waals surface area (Å²) in [7, 11) is 0. The first-order valence-electron chi connectivity index (χ1n) is 4.49. The molecule has 0 aliphatic carbocycles. The minimum absolute atomic E-state index is 0.104. The normalized spacial score (nSPS) is 11.1. The van der Waals surface area contributed by atoms with E-state index in [-0.39, 0.29) is 18.4 Å². The van der Waals surface area contributed by atoms with E-state index < -0.39 is 11.7 Å². The molecule has 0 aromatic heterocycles. The highest BCUT2D eigenvalue weighted by Gasteiger charge is 2.32. The molecule has 0 saturated heterocycles. The van der Waals surface area contributed by atoms with E-state index in [1.165, 1.54) is 12.1 Å². The number of hydrogen-bond acceptors (Lipinski definition) is 1. The molecule has 1 nitrogen and oxygen atoms in total. The van der Waals surface area contributed by atoms with Crippen LogP contribution in [0.1, 0.15) is 23.1 Å². The summed E-state index contributed by atoms with van der Waals surface area (Å²) >= 11 is 0. The number of hydrogen-bond donors (Lipinski definition) is 0. The molecule has 15 heavy (non-hydrogen) atoms. The molecule has 80 valence electrons. The van der Waals surface area contributed by atoms with Gasteiger partial charge in [-0.2, -0.15) is 18.4 Å². The second kappa shape index (κ2) is 4.35. The van der Waals surface area contributed by atoms with Crippen LogP contribution >= 0.6 is 0 Å². The molecular weight excluding hydrogens is 203 g/mol. The van der Waals surface area contributed by atoms with Crippen molar-refractivity contribution in [3.8, 4) is 6.07 Å². The van der Waals surface area contributed by atoms with Crippen molar-refractivity contribution in [1.29, 1.82) is 5.26 Å². The Morgan fingerprint density at radius 1 is 1.33 bits per heavy atom. The third kappa shape index (κ3) is 2.98. The molecule has 0 saturated carbocycles. The number of rotatable bonds is 2. The van der Waals surface area contributed by atoms with Gasteiger partial charge in [0.1, 0.15) is 0 Å². The average molecular weight is 213 g/mol. The fraction of sp³-hybridized carbons (Fsp3) is 0.364. The van der Waals surface area contributed by atoms with Crippen molar-refractivity contribution in [2.45, 2.75) is 25.9 Å². The van der Waals surface area contributed by atoms with Crippen molar-refractivity contribution in [2.24, 2.45) is 0 Å². The highest BCUT2D eigenvalue weighted by atomic mass is 19.4. The Kier molecular flexibility index (Phi) is 3.35. The molecule has 0 aliphatic heterocycles. The number of alkyl halides is 3. The van der Waals surface area contributed by atoms with E-state index >= 15 is 0 Å². The quantitative estimate of drug-likeness (QED) is 0.737. The number of benzene rings is 1. The Hall–Kier alpha value is -1.50. The van der Waals surface area contributed by atoms with Gasteiger partial charge in [-0.25, -0.2) is 0 Å². The van der Waals surface area contributed by atoms with Crippen LogP contribution in [0.5, 0.6) is 0 Å². The third-order valence-corrected chi connectivity index (χ3v) is 2.07. The Labute approximate surface area is 86.1 Å². The van der Waals surface area contributed by atoms with E-state index in [1.54, 1.807) is 6.92 Å². The molecule has 0 heterocycles. The van der Waals surface area contributed by atoms with Crippen LogP contribution in [0.3, 0.4) is 0 Å². The summed E-state index contributed by atoms with van der Waals surface area (Å²) in [6.45, 7) is 1.73. The van der Waals surface area contributed by atoms with Crippen LogP contribution in [0.2, 0.25) is 0 Å². The van der Waals surface area contributed by atoms with Gasteiger partial charge in [-0.3, -0.25) is 0 Å². The predicted molar refractivity (Wildman–Crippen MR) is 50.1 cm³/mol. The van der Waals surface area contributed by atoms with Gasteiger partial charge in [0.25, 0.3) is 0 Å². The van der Waals surface area contributed by atoms with E-state index in [1.807, 2.05) is 6.07 Å². The molecule has 4 heteroatoms. The topological polar surface area (TPSA) is 23.8 Å². The highest BCUT2D eigenvalue weighted by molar-refractivity contribution is 5.34. The second-order valence-corrected chi connectivity index (χ2v) is 3.32. The Morgan fingerprint density at radius 3 is 2.53 bits per heavy atom. The summed E-state index contributed by atoms with van der Waals surface area (Å²) in [5, 5.41) is 8.36. The van der Waals surface area contributed by atoms with Crippen molar-refractivity contribution in [3.05, 3.63) is 34.9 Å². The highest BCUT2D eigenvalue weighted by Crippen LogP contribution is 2.32. The molecule has 0 radical (unpaired) electrons. The smallest absolute Gasteiger partial charge is 0.198 e. The zero-order valence-corrected chi connectivity index (χ0v) is 8.23. The van der Waals surface area contributed by atoms with Crippen molar-refractivity contribution in [1.82, 2.24) is 0 Å². The third-order valence-electron chi connectivity index (χ3n) is 2.07. The lowest BCUT2D eigenvalue weighted by Gasteiger charge is -2.12. The Morgan fingerprint density at radius 2 is 2.00 bits per heavy atom. The van der Waals surface area contributed by atoms with E-state index in [0.717, 1.165) is 11.6 Å². The van der Waals surface area contributed by atoms with Crippen molar-refractivity contribution < 1.29 is 13.2 Å². The van der Waals surface area contributed by atoms with Gasteiger partial charge in [0.05, 0.1) is 11.6 Å². The second-order valence-electron chi connectivity index (χ2n) is 3.32. The number of nitrogens with zero attached hydrogens (tertiary/aromatic N) is 1. The zero-order valence-electron chi connectivity index (χ0n) is 8.23. The van der Waals surface area contributed by atoms with Gasteiger partial charge >= 0.3 is 6.18 Å². The van der Waals surface area contributed by atoms with Crippen molar-refractivity contribution in [3.63, 3.8) is 0 Å². The van der Waals surface area contributed by atoms with Crippen LogP contribution in [-0.4, -0.2) is 0 Å². The maximum Gasteiger partial charge on any atom is 0.416 e. The Bertz CT molecular complexity index is 388. The molecule has 0 unspecified atom stereocenters. The summed E-state index contributed by atoms with van der Waals surface area (Å²) in [4.78, 5) is 0. The molecule has 0 fully saturated rings. The molecule has 0 aliphatic rings. The largest absolute Gasteiger partial charge is 0.416 e. The molecule has 0 N–H and O–H groups in total. The number of halogens is 3. The van der Waals surface area contributed by atoms with Crippen LogP contribution in [0.25, 0.3) is 0 Å². The minimum Gasteiger partial charge on any atom is -0.198 e. The summed E-state index contributed by atoms with van der Waals surface area (Å²) < 4.78 is 37.6. The maximum atomic E-state index is 12.5. The summed E-state index contributed by atoms with van der Waals surface area (Å²) in [5.41, 5.74) is 0.336. The van der Waals surface area contributed by atoms with E-state index in [2.05, 4.69) is 0 Å².